The number of benzene rings is 4. The first-order chi connectivity index (χ1) is 20.9. The summed E-state index contributed by atoms with van der Waals surface area (Å²) in [5.41, 5.74) is 11.2. The van der Waals surface area contributed by atoms with E-state index in [1.54, 1.807) is 0 Å². The van der Waals surface area contributed by atoms with Crippen molar-refractivity contribution < 1.29 is 9.47 Å². The molecule has 6 bridgehead atoms. The lowest BCUT2D eigenvalue weighted by Crippen LogP contribution is -2.00. The van der Waals surface area contributed by atoms with Gasteiger partial charge >= 0.3 is 0 Å². The Hall–Kier alpha value is -2.50. The topological polar surface area (TPSA) is 18.5 Å². The fourth-order valence-corrected chi connectivity index (χ4v) is 7.32. The molecule has 228 valence electrons. The Morgan fingerprint density at radius 3 is 1.55 bits per heavy atom. The van der Waals surface area contributed by atoms with Gasteiger partial charge in [0.25, 0.3) is 0 Å². The van der Waals surface area contributed by atoms with Gasteiger partial charge in [0, 0.05) is 28.5 Å². The Morgan fingerprint density at radius 2 is 1.00 bits per heavy atom. The fourth-order valence-electron chi connectivity index (χ4n) is 5.79. The molecule has 44 heavy (non-hydrogen) atoms. The summed E-state index contributed by atoms with van der Waals surface area (Å²) in [5, 5.41) is 1.56. The van der Waals surface area contributed by atoms with Crippen molar-refractivity contribution >= 4 is 55.1 Å². The smallest absolute Gasteiger partial charge is 0.141 e. The van der Waals surface area contributed by atoms with Gasteiger partial charge in [-0.2, -0.15) is 0 Å². The summed E-state index contributed by atoms with van der Waals surface area (Å²) < 4.78 is 15.0. The molecule has 2 aliphatic rings. The minimum absolute atomic E-state index is 0.567. The van der Waals surface area contributed by atoms with Crippen LogP contribution in [0.2, 0.25) is 0 Å². The summed E-state index contributed by atoms with van der Waals surface area (Å²) >= 11 is 21.2. The molecule has 6 heteroatoms. The van der Waals surface area contributed by atoms with Crippen LogP contribution >= 0.6 is 55.1 Å². The standard InChI is InChI=1S/C38H36Br2Cl2O2/c1-21-11-24(4)38-30(12-21)18-32(42)10-8-29-19-35(33(39)15-22(29)2)43-37-25(5)13-27(14-26(37)6)17-31(41)9-7-28-20-36(44-38)34(40)16-23(28)3/h9-16,19-20H,7-8,17-18H2,1-6H3/b31-9+,32-10+. The van der Waals surface area contributed by atoms with Gasteiger partial charge < -0.3 is 9.47 Å². The molecule has 0 aromatic heterocycles. The van der Waals surface area contributed by atoms with Crippen molar-refractivity contribution in [2.75, 3.05) is 0 Å². The molecule has 0 radical (unpaired) electrons. The van der Waals surface area contributed by atoms with Gasteiger partial charge in [-0.1, -0.05) is 65.2 Å². The zero-order valence-corrected chi connectivity index (χ0v) is 30.6. The first-order valence-corrected chi connectivity index (χ1v) is 17.0. The zero-order chi connectivity index (χ0) is 31.7. The van der Waals surface area contributed by atoms with E-state index >= 15 is 0 Å². The first kappa shape index (κ1) is 32.9. The van der Waals surface area contributed by atoms with Crippen molar-refractivity contribution in [2.24, 2.45) is 0 Å². The summed E-state index contributed by atoms with van der Waals surface area (Å²) in [5.74, 6) is 3.24. The molecule has 2 heterocycles. The van der Waals surface area contributed by atoms with Gasteiger partial charge in [0.15, 0.2) is 0 Å². The van der Waals surface area contributed by atoms with Crippen LogP contribution in [-0.4, -0.2) is 0 Å². The summed E-state index contributed by atoms with van der Waals surface area (Å²) in [7, 11) is 0. The van der Waals surface area contributed by atoms with E-state index in [-0.39, 0.29) is 0 Å². The van der Waals surface area contributed by atoms with Gasteiger partial charge in [-0.25, -0.2) is 0 Å². The van der Waals surface area contributed by atoms with Gasteiger partial charge in [-0.3, -0.25) is 0 Å². The Balaban J connectivity index is 1.63. The third-order valence-electron chi connectivity index (χ3n) is 8.04. The molecular formula is C38H36Br2Cl2O2. The van der Waals surface area contributed by atoms with Crippen molar-refractivity contribution in [3.63, 3.8) is 0 Å². The third kappa shape index (κ3) is 7.65. The second-order valence-corrected chi connectivity index (χ2v) is 14.5. The predicted octanol–water partition coefficient (Wildman–Crippen LogP) is 12.8. The molecule has 4 aromatic rings. The van der Waals surface area contributed by atoms with E-state index in [4.69, 9.17) is 32.7 Å². The summed E-state index contributed by atoms with van der Waals surface area (Å²) in [4.78, 5) is 0. The van der Waals surface area contributed by atoms with Gasteiger partial charge in [0.05, 0.1) is 8.95 Å². The number of ether oxygens (including phenoxy) is 2. The average Bonchev–Trinajstić information content (AvgIpc) is 2.93. The second-order valence-electron chi connectivity index (χ2n) is 11.8. The summed E-state index contributed by atoms with van der Waals surface area (Å²) in [6.07, 6.45) is 6.80. The Bertz CT molecular complexity index is 1800. The minimum atomic E-state index is 0.567. The lowest BCUT2D eigenvalue weighted by atomic mass is 10.0. The zero-order valence-electron chi connectivity index (χ0n) is 25.9. The summed E-state index contributed by atoms with van der Waals surface area (Å²) in [6.45, 7) is 12.6. The number of allylic oxidation sites excluding steroid dienone is 4. The molecule has 0 unspecified atom stereocenters. The first-order valence-electron chi connectivity index (χ1n) is 14.7. The van der Waals surface area contributed by atoms with Crippen LogP contribution in [0.3, 0.4) is 0 Å². The highest BCUT2D eigenvalue weighted by molar-refractivity contribution is 9.10. The fraction of sp³-hybridized carbons (Fsp3) is 0.263. The summed E-state index contributed by atoms with van der Waals surface area (Å²) in [6, 6.07) is 17.1. The monoisotopic (exact) mass is 752 g/mol. The van der Waals surface area contributed by atoms with Gasteiger partial charge in [-0.15, -0.1) is 0 Å². The van der Waals surface area contributed by atoms with Gasteiger partial charge in [0.2, 0.25) is 0 Å². The molecule has 2 aliphatic heterocycles. The van der Waals surface area contributed by atoms with Crippen molar-refractivity contribution in [3.8, 4) is 23.0 Å². The third-order valence-corrected chi connectivity index (χ3v) is 9.86. The maximum atomic E-state index is 6.93. The number of rotatable bonds is 0. The van der Waals surface area contributed by atoms with Crippen LogP contribution in [-0.2, 0) is 25.7 Å². The molecule has 0 amide bonds. The molecule has 0 saturated heterocycles. The molecule has 2 nitrogen and oxygen atoms in total. The molecular weight excluding hydrogens is 719 g/mol. The number of fused-ring (bicyclic) bond motifs is 6. The van der Waals surface area contributed by atoms with Crippen LogP contribution in [0.5, 0.6) is 23.0 Å². The van der Waals surface area contributed by atoms with Crippen LogP contribution in [0.15, 0.2) is 79.7 Å². The number of hydrogen-bond acceptors (Lipinski definition) is 2. The maximum absolute atomic E-state index is 6.93. The van der Waals surface area contributed by atoms with Crippen molar-refractivity contribution in [1.82, 2.24) is 0 Å². The molecule has 0 N–H and O–H groups in total. The van der Waals surface area contributed by atoms with E-state index in [0.29, 0.717) is 25.7 Å². The Labute approximate surface area is 288 Å². The lowest BCUT2D eigenvalue weighted by molar-refractivity contribution is 0.470. The largest absolute Gasteiger partial charge is 0.456 e. The van der Waals surface area contributed by atoms with E-state index in [0.717, 1.165) is 81.0 Å². The highest BCUT2D eigenvalue weighted by Crippen LogP contribution is 2.39. The molecule has 0 atom stereocenters. The van der Waals surface area contributed by atoms with E-state index in [1.807, 2.05) is 0 Å². The molecule has 6 rings (SSSR count). The quantitative estimate of drug-likeness (QED) is 0.178. The van der Waals surface area contributed by atoms with Crippen molar-refractivity contribution in [2.45, 2.75) is 67.2 Å². The molecule has 0 spiro atoms. The van der Waals surface area contributed by atoms with Gasteiger partial charge in [-0.05, 0) is 155 Å². The van der Waals surface area contributed by atoms with Crippen LogP contribution in [0, 0.1) is 41.5 Å². The minimum Gasteiger partial charge on any atom is -0.456 e. The number of hydrogen-bond donors (Lipinski definition) is 0. The molecule has 0 fully saturated rings. The molecule has 0 aliphatic carbocycles. The number of aryl methyl sites for hydroxylation is 6. The van der Waals surface area contributed by atoms with Gasteiger partial charge in [0.1, 0.15) is 23.0 Å². The van der Waals surface area contributed by atoms with Crippen molar-refractivity contribution in [3.05, 3.63) is 135 Å². The molecule has 0 saturated carbocycles. The van der Waals surface area contributed by atoms with Crippen LogP contribution < -0.4 is 9.47 Å². The predicted molar refractivity (Wildman–Crippen MR) is 192 cm³/mol. The van der Waals surface area contributed by atoms with Crippen LogP contribution in [0.1, 0.15) is 55.6 Å². The molecule has 4 aromatic carbocycles. The van der Waals surface area contributed by atoms with E-state index < -0.39 is 0 Å². The van der Waals surface area contributed by atoms with Crippen LogP contribution in [0.4, 0.5) is 0 Å². The highest BCUT2D eigenvalue weighted by atomic mass is 79.9. The van der Waals surface area contributed by atoms with E-state index in [9.17, 15) is 0 Å². The average molecular weight is 755 g/mol. The van der Waals surface area contributed by atoms with Crippen LogP contribution in [0.25, 0.3) is 0 Å². The Kier molecular flexibility index (Phi) is 10.4. The second kappa shape index (κ2) is 13.9. The highest BCUT2D eigenvalue weighted by Gasteiger charge is 2.16. The maximum Gasteiger partial charge on any atom is 0.141 e. The van der Waals surface area contributed by atoms with E-state index in [2.05, 4.69) is 134 Å². The Morgan fingerprint density at radius 1 is 0.523 bits per heavy atom. The van der Waals surface area contributed by atoms with Crippen molar-refractivity contribution in [1.29, 1.82) is 0 Å². The lowest BCUT2D eigenvalue weighted by Gasteiger charge is -2.18. The van der Waals surface area contributed by atoms with E-state index in [1.165, 1.54) is 16.7 Å². The normalized spacial score (nSPS) is 16.3. The number of halogens is 4. The SMILES string of the molecule is Cc1cc(C)c2c(c1)C/C(Cl)=C\Cc1cc(c(Br)cc1C)Oc1c(C)cc(cc1C)C/C(Cl)=C\Cc1cc(c(Br)cc1C)O2.